The number of rotatable bonds is 12. The van der Waals surface area contributed by atoms with Crippen LogP contribution in [0.3, 0.4) is 0 Å². The van der Waals surface area contributed by atoms with E-state index in [0.29, 0.717) is 33.7 Å². The Hall–Kier alpha value is -5.50. The van der Waals surface area contributed by atoms with E-state index < -0.39 is 48.6 Å². The molecule has 7 aromatic carbocycles. The average Bonchev–Trinajstić information content (AvgIpc) is 3.26. The Balaban J connectivity index is 0.000000411. The summed E-state index contributed by atoms with van der Waals surface area (Å²) in [6, 6.07) is 54.3. The fourth-order valence-corrected chi connectivity index (χ4v) is 12.6. The van der Waals surface area contributed by atoms with Crippen LogP contribution in [0.4, 0.5) is 11.4 Å². The standard InChI is InChI=1S/C38H30Cl2O2P2.C7H3N2O6.CH3.Ir/c1-41-37-31(39)23-25-33(43(27-15-7-3-8-16-27)28-17-9-4-10-18-28)35(37)36-34(26-24-32(40)38(36)42-2)44(29-19-11-5-12-20-29)30-21-13-6-14-22-30;10-7(11)4-1-2-5(8(12)13)6(3-4)9(14)15;;/h3-26H,1-2H3;2-3H,(H,10,11);1H3;/q;2*-1;/p+2. The number of carboxylic acids is 1. The van der Waals surface area contributed by atoms with Crippen LogP contribution in [0.1, 0.15) is 10.4 Å². The third kappa shape index (κ3) is 10.9. The van der Waals surface area contributed by atoms with Gasteiger partial charge in [-0.15, -0.1) is 6.07 Å². The summed E-state index contributed by atoms with van der Waals surface area (Å²) in [5.74, 6) is -0.210. The fourth-order valence-electron chi connectivity index (χ4n) is 6.69. The van der Waals surface area contributed by atoms with Gasteiger partial charge in [-0.3, -0.25) is 20.2 Å². The van der Waals surface area contributed by atoms with Crippen molar-refractivity contribution in [2.24, 2.45) is 0 Å². The Morgan fingerprint density at radius 1 is 0.590 bits per heavy atom. The number of methoxy groups -OCH3 is 2. The number of hydrogen-bond acceptors (Lipinski definition) is 7. The number of benzene rings is 7. The maximum Gasteiger partial charge on any atom is 0.267 e. The Kier molecular flexibility index (Phi) is 17.7. The Morgan fingerprint density at radius 3 is 1.20 bits per heavy atom. The molecule has 313 valence electrons. The molecule has 0 atom stereocenters. The molecule has 0 saturated heterocycles. The third-order valence-electron chi connectivity index (χ3n) is 9.20. The molecule has 10 nitrogen and oxygen atoms in total. The molecule has 0 fully saturated rings. The molecular weight excluding hydrogens is 1030 g/mol. The van der Waals surface area contributed by atoms with Crippen LogP contribution in [-0.4, -0.2) is 35.1 Å². The molecule has 1 N–H and O–H groups in total. The topological polar surface area (TPSA) is 142 Å². The largest absolute Gasteiger partial charge is 0.521 e. The SMILES string of the molecule is COc1c(Cl)ccc([PH+](c2ccccc2)c2ccccc2)c1-c1c([PH+](c2ccccc2)c2ccccc2)ccc(Cl)c1OC.O=C(O)c1[c-]cc([N+](=O)[O-])c([N+](=O)[O-])c1.[CH3-].[Ir]. The molecule has 7 rings (SSSR count). The van der Waals surface area contributed by atoms with E-state index in [1.807, 2.05) is 12.1 Å². The maximum absolute atomic E-state index is 10.4. The van der Waals surface area contributed by atoms with Crippen molar-refractivity contribution in [2.75, 3.05) is 14.2 Å². The molecule has 0 aliphatic rings. The van der Waals surface area contributed by atoms with Crippen LogP contribution in [0.5, 0.6) is 11.5 Å². The van der Waals surface area contributed by atoms with Crippen LogP contribution in [-0.2, 0) is 20.1 Å². The van der Waals surface area contributed by atoms with Gasteiger partial charge in [0.25, 0.3) is 11.4 Å². The monoisotopic (exact) mass is 1070 g/mol. The van der Waals surface area contributed by atoms with Crippen molar-refractivity contribution >= 4 is 88.2 Å². The molecule has 0 bridgehead atoms. The number of carbonyl (C=O) groups is 1. The Bertz CT molecular complexity index is 2400. The summed E-state index contributed by atoms with van der Waals surface area (Å²) in [5, 5.41) is 37.6. The number of nitro groups is 2. The van der Waals surface area contributed by atoms with E-state index in [1.54, 1.807) is 14.2 Å². The number of nitrogens with zero attached hydrogens (tertiary/aromatic N) is 2. The summed E-state index contributed by atoms with van der Waals surface area (Å²) in [5.41, 5.74) is -0.302. The molecule has 0 spiro atoms. The minimum Gasteiger partial charge on any atom is -0.521 e. The van der Waals surface area contributed by atoms with E-state index in [4.69, 9.17) is 37.8 Å². The molecule has 0 aliphatic carbocycles. The Morgan fingerprint density at radius 2 is 0.918 bits per heavy atom. The molecule has 1 radical (unpaired) electrons. The first kappa shape index (κ1) is 48.2. The van der Waals surface area contributed by atoms with Crippen molar-refractivity contribution < 1.29 is 49.3 Å². The number of halogens is 2. The molecule has 0 aliphatic heterocycles. The van der Waals surface area contributed by atoms with Gasteiger partial charge < -0.3 is 26.8 Å². The normalized spacial score (nSPS) is 10.4. The second-order valence-electron chi connectivity index (χ2n) is 12.7. The maximum atomic E-state index is 10.4. The number of ether oxygens (including phenoxy) is 2. The summed E-state index contributed by atoms with van der Waals surface area (Å²) in [6.45, 7) is 0. The van der Waals surface area contributed by atoms with E-state index >= 15 is 0 Å². The van der Waals surface area contributed by atoms with Crippen LogP contribution in [0.2, 0.25) is 10.0 Å². The van der Waals surface area contributed by atoms with E-state index in [1.165, 1.54) is 21.2 Å². The van der Waals surface area contributed by atoms with Gasteiger partial charge in [-0.05, 0) is 72.8 Å². The molecule has 7 aromatic rings. The molecule has 0 saturated carbocycles. The van der Waals surface area contributed by atoms with Gasteiger partial charge in [0.15, 0.2) is 0 Å². The van der Waals surface area contributed by atoms with Gasteiger partial charge >= 0.3 is 0 Å². The molecule has 15 heteroatoms. The first-order valence-electron chi connectivity index (χ1n) is 17.8. The summed E-state index contributed by atoms with van der Waals surface area (Å²) < 4.78 is 12.4. The molecular formula is C46H38Cl2IrN2O8P2. The number of carboxylic acid groups (broad SMARTS) is 1. The van der Waals surface area contributed by atoms with Gasteiger partial charge in [-0.25, -0.2) is 0 Å². The first-order chi connectivity index (χ1) is 28.5. The molecule has 0 heterocycles. The number of hydrogen-bond donors (Lipinski definition) is 1. The predicted octanol–water partition coefficient (Wildman–Crippen LogP) is 9.11. The van der Waals surface area contributed by atoms with E-state index in [-0.39, 0.29) is 27.5 Å². The summed E-state index contributed by atoms with van der Waals surface area (Å²) in [6.07, 6.45) is 0. The summed E-state index contributed by atoms with van der Waals surface area (Å²) >= 11 is 13.9. The first-order valence-corrected chi connectivity index (χ1v) is 21.6. The second kappa shape index (κ2) is 22.4. The van der Waals surface area contributed by atoms with Crippen LogP contribution in [0.15, 0.2) is 158 Å². The molecule has 0 unspecified atom stereocenters. The van der Waals surface area contributed by atoms with Gasteiger partial charge in [-0.2, -0.15) is 0 Å². The van der Waals surface area contributed by atoms with Crippen molar-refractivity contribution in [1.29, 1.82) is 0 Å². The zero-order valence-electron chi connectivity index (χ0n) is 32.8. The van der Waals surface area contributed by atoms with E-state index in [2.05, 4.69) is 140 Å². The van der Waals surface area contributed by atoms with Crippen LogP contribution in [0.25, 0.3) is 11.1 Å². The summed E-state index contributed by atoms with van der Waals surface area (Å²) in [7, 11) is 0.296. The van der Waals surface area contributed by atoms with Gasteiger partial charge in [0.2, 0.25) is 5.97 Å². The second-order valence-corrected chi connectivity index (χ2v) is 18.4. The van der Waals surface area contributed by atoms with E-state index in [9.17, 15) is 25.0 Å². The zero-order valence-corrected chi connectivity index (χ0v) is 38.7. The zero-order chi connectivity index (χ0) is 42.1. The number of aromatic carboxylic acids is 1. The van der Waals surface area contributed by atoms with Gasteiger partial charge in [-0.1, -0.05) is 114 Å². The van der Waals surface area contributed by atoms with E-state index in [0.717, 1.165) is 21.7 Å². The van der Waals surface area contributed by atoms with Crippen molar-refractivity contribution in [2.45, 2.75) is 0 Å². The van der Waals surface area contributed by atoms with Crippen LogP contribution < -0.4 is 41.3 Å². The molecule has 0 amide bonds. The van der Waals surface area contributed by atoms with Gasteiger partial charge in [0.1, 0.15) is 43.3 Å². The molecule has 0 aromatic heterocycles. The van der Waals surface area contributed by atoms with Crippen LogP contribution in [0, 0.1) is 33.7 Å². The van der Waals surface area contributed by atoms with Gasteiger partial charge in [0, 0.05) is 30.0 Å². The predicted molar refractivity (Wildman–Crippen MR) is 247 cm³/mol. The van der Waals surface area contributed by atoms with Crippen molar-refractivity contribution in [3.05, 3.63) is 207 Å². The average molecular weight is 1070 g/mol. The summed E-state index contributed by atoms with van der Waals surface area (Å²) in [4.78, 5) is 29.2. The van der Waals surface area contributed by atoms with Crippen molar-refractivity contribution in [1.82, 2.24) is 0 Å². The minimum atomic E-state index is -1.54. The van der Waals surface area contributed by atoms with Crippen molar-refractivity contribution in [3.8, 4) is 22.6 Å². The minimum absolute atomic E-state index is 0. The van der Waals surface area contributed by atoms with Crippen molar-refractivity contribution in [3.63, 3.8) is 0 Å². The third-order valence-corrected chi connectivity index (χ3v) is 15.3. The quantitative estimate of drug-likeness (QED) is 0.0553. The van der Waals surface area contributed by atoms with Crippen LogP contribution >= 0.6 is 39.0 Å². The number of nitro benzene ring substituents is 2. The fraction of sp³-hybridized carbons (Fsp3) is 0.0435. The smallest absolute Gasteiger partial charge is 0.267 e. The Labute approximate surface area is 379 Å². The molecule has 61 heavy (non-hydrogen) atoms. The van der Waals surface area contributed by atoms with Gasteiger partial charge in [0.05, 0.1) is 51.2 Å².